The van der Waals surface area contributed by atoms with Gasteiger partial charge in [0.15, 0.2) is 0 Å². The van der Waals surface area contributed by atoms with Crippen LogP contribution in [0.3, 0.4) is 0 Å². The highest BCUT2D eigenvalue weighted by atomic mass is 19.4. The van der Waals surface area contributed by atoms with Crippen molar-refractivity contribution in [2.75, 3.05) is 11.9 Å². The number of benzene rings is 1. The Morgan fingerprint density at radius 3 is 2.80 bits per heavy atom. The molecule has 110 valence electrons. The number of hydrogen-bond acceptors (Lipinski definition) is 3. The van der Waals surface area contributed by atoms with E-state index in [2.05, 4.69) is 5.32 Å². The van der Waals surface area contributed by atoms with E-state index in [1.807, 2.05) is 0 Å². The van der Waals surface area contributed by atoms with Crippen LogP contribution < -0.4 is 5.32 Å². The highest BCUT2D eigenvalue weighted by molar-refractivity contribution is 5.92. The Morgan fingerprint density at radius 1 is 1.45 bits per heavy atom. The quantitative estimate of drug-likeness (QED) is 0.841. The average molecular weight is 289 g/mol. The van der Waals surface area contributed by atoms with Crippen LogP contribution in [0.15, 0.2) is 18.2 Å². The standard InChI is InChI=1S/C13H14F3NO3/c14-13(15,16)8-3-4-11(18)10(6-8)17-12(19)7-9-2-1-5-20-9/h3-4,6,9,18H,1-2,5,7H2,(H,17,19). The van der Waals surface area contributed by atoms with Crippen molar-refractivity contribution in [1.82, 2.24) is 0 Å². The number of ether oxygens (including phenoxy) is 1. The second-order valence-electron chi connectivity index (χ2n) is 4.62. The molecule has 20 heavy (non-hydrogen) atoms. The summed E-state index contributed by atoms with van der Waals surface area (Å²) in [6.45, 7) is 0.590. The molecule has 1 amide bonds. The number of carbonyl (C=O) groups is 1. The van der Waals surface area contributed by atoms with Crippen molar-refractivity contribution >= 4 is 11.6 Å². The number of nitrogens with one attached hydrogen (secondary N) is 1. The van der Waals surface area contributed by atoms with Crippen LogP contribution in [-0.4, -0.2) is 23.7 Å². The number of halogens is 3. The molecule has 1 saturated heterocycles. The van der Waals surface area contributed by atoms with Gasteiger partial charge < -0.3 is 15.2 Å². The molecule has 1 aliphatic rings. The molecule has 2 N–H and O–H groups in total. The van der Waals surface area contributed by atoms with Gasteiger partial charge in [0, 0.05) is 6.61 Å². The largest absolute Gasteiger partial charge is 0.506 e. The number of phenolic OH excluding ortho intramolecular Hbond substituents is 1. The van der Waals surface area contributed by atoms with Crippen molar-refractivity contribution in [3.8, 4) is 5.75 Å². The van der Waals surface area contributed by atoms with Gasteiger partial charge in [-0.1, -0.05) is 0 Å². The Bertz CT molecular complexity index is 496. The third-order valence-corrected chi connectivity index (χ3v) is 3.04. The highest BCUT2D eigenvalue weighted by Gasteiger charge is 2.31. The van der Waals surface area contributed by atoms with Crippen LogP contribution in [0.5, 0.6) is 5.75 Å². The van der Waals surface area contributed by atoms with Crippen LogP contribution in [-0.2, 0) is 15.7 Å². The molecule has 7 heteroatoms. The van der Waals surface area contributed by atoms with Gasteiger partial charge in [-0.2, -0.15) is 13.2 Å². The molecule has 0 aromatic heterocycles. The third-order valence-electron chi connectivity index (χ3n) is 3.04. The number of anilines is 1. The van der Waals surface area contributed by atoms with Crippen LogP contribution in [0.1, 0.15) is 24.8 Å². The minimum atomic E-state index is -4.53. The Balaban J connectivity index is 2.06. The first-order valence-corrected chi connectivity index (χ1v) is 6.18. The molecule has 1 aromatic rings. The zero-order valence-corrected chi connectivity index (χ0v) is 10.5. The molecular formula is C13H14F3NO3. The van der Waals surface area contributed by atoms with E-state index in [9.17, 15) is 23.1 Å². The van der Waals surface area contributed by atoms with E-state index in [4.69, 9.17) is 4.74 Å². The molecule has 0 bridgehead atoms. The molecule has 0 aliphatic carbocycles. The molecule has 0 spiro atoms. The number of amides is 1. The molecule has 1 heterocycles. The predicted octanol–water partition coefficient (Wildman–Crippen LogP) is 2.92. The van der Waals surface area contributed by atoms with Crippen LogP contribution in [0.2, 0.25) is 0 Å². The predicted molar refractivity (Wildman–Crippen MR) is 65.3 cm³/mol. The maximum Gasteiger partial charge on any atom is 0.416 e. The van der Waals surface area contributed by atoms with Crippen LogP contribution in [0.25, 0.3) is 0 Å². The normalized spacial score (nSPS) is 19.1. The van der Waals surface area contributed by atoms with E-state index in [1.165, 1.54) is 0 Å². The minimum Gasteiger partial charge on any atom is -0.506 e. The number of hydrogen-bond donors (Lipinski definition) is 2. The molecule has 0 saturated carbocycles. The summed E-state index contributed by atoms with van der Waals surface area (Å²) < 4.78 is 42.9. The molecule has 2 rings (SSSR count). The fraction of sp³-hybridized carbons (Fsp3) is 0.462. The topological polar surface area (TPSA) is 58.6 Å². The highest BCUT2D eigenvalue weighted by Crippen LogP contribution is 2.34. The van der Waals surface area contributed by atoms with Crippen molar-refractivity contribution in [3.05, 3.63) is 23.8 Å². The summed E-state index contributed by atoms with van der Waals surface area (Å²) in [7, 11) is 0. The maximum absolute atomic E-state index is 12.6. The molecule has 1 unspecified atom stereocenters. The lowest BCUT2D eigenvalue weighted by atomic mass is 10.1. The molecule has 0 radical (unpaired) electrons. The van der Waals surface area contributed by atoms with Crippen molar-refractivity contribution in [1.29, 1.82) is 0 Å². The number of carbonyl (C=O) groups excluding carboxylic acids is 1. The third kappa shape index (κ3) is 3.63. The zero-order valence-electron chi connectivity index (χ0n) is 10.5. The molecule has 1 fully saturated rings. The van der Waals surface area contributed by atoms with E-state index in [-0.39, 0.29) is 18.2 Å². The molecule has 4 nitrogen and oxygen atoms in total. The zero-order chi connectivity index (χ0) is 14.8. The summed E-state index contributed by atoms with van der Waals surface area (Å²) in [4.78, 5) is 11.7. The van der Waals surface area contributed by atoms with Crippen molar-refractivity contribution in [3.63, 3.8) is 0 Å². The lowest BCUT2D eigenvalue weighted by molar-refractivity contribution is -0.137. The van der Waals surface area contributed by atoms with E-state index < -0.39 is 23.4 Å². The Labute approximate surface area is 113 Å². The summed E-state index contributed by atoms with van der Waals surface area (Å²) in [5, 5.41) is 11.8. The summed E-state index contributed by atoms with van der Waals surface area (Å²) >= 11 is 0. The summed E-state index contributed by atoms with van der Waals surface area (Å²) in [6, 6.07) is 2.37. The number of aromatic hydroxyl groups is 1. The van der Waals surface area contributed by atoms with E-state index in [0.29, 0.717) is 12.7 Å². The maximum atomic E-state index is 12.6. The van der Waals surface area contributed by atoms with Gasteiger partial charge >= 0.3 is 6.18 Å². The first-order valence-electron chi connectivity index (χ1n) is 6.18. The van der Waals surface area contributed by atoms with Crippen molar-refractivity contribution < 1.29 is 27.8 Å². The van der Waals surface area contributed by atoms with Gasteiger partial charge in [-0.05, 0) is 31.0 Å². The van der Waals surface area contributed by atoms with Crippen molar-refractivity contribution in [2.45, 2.75) is 31.5 Å². The SMILES string of the molecule is O=C(CC1CCCO1)Nc1cc(C(F)(F)F)ccc1O. The van der Waals surface area contributed by atoms with Gasteiger partial charge in [0.25, 0.3) is 0 Å². The van der Waals surface area contributed by atoms with Gasteiger partial charge in [-0.15, -0.1) is 0 Å². The number of rotatable bonds is 3. The minimum absolute atomic E-state index is 0.0652. The Kier molecular flexibility index (Phi) is 4.17. The number of alkyl halides is 3. The van der Waals surface area contributed by atoms with Gasteiger partial charge in [-0.25, -0.2) is 0 Å². The smallest absolute Gasteiger partial charge is 0.416 e. The summed E-state index contributed by atoms with van der Waals surface area (Å²) in [5.74, 6) is -0.884. The van der Waals surface area contributed by atoms with Crippen LogP contribution in [0, 0.1) is 0 Å². The average Bonchev–Trinajstić information content (AvgIpc) is 2.83. The molecule has 1 atom stereocenters. The van der Waals surface area contributed by atoms with Gasteiger partial charge in [0.1, 0.15) is 5.75 Å². The van der Waals surface area contributed by atoms with E-state index in [0.717, 1.165) is 25.0 Å². The number of phenols is 1. The second kappa shape index (κ2) is 5.70. The fourth-order valence-electron chi connectivity index (χ4n) is 2.03. The lowest BCUT2D eigenvalue weighted by Gasteiger charge is -2.13. The summed E-state index contributed by atoms with van der Waals surface area (Å²) in [6.07, 6.45) is -3.05. The van der Waals surface area contributed by atoms with E-state index in [1.54, 1.807) is 0 Å². The summed E-state index contributed by atoms with van der Waals surface area (Å²) in [5.41, 5.74) is -1.18. The Hall–Kier alpha value is -1.76. The molecule has 1 aromatic carbocycles. The van der Waals surface area contributed by atoms with Gasteiger partial charge in [0.2, 0.25) is 5.91 Å². The lowest BCUT2D eigenvalue weighted by Crippen LogP contribution is -2.19. The molecular weight excluding hydrogens is 275 g/mol. The molecule has 1 aliphatic heterocycles. The first kappa shape index (κ1) is 14.6. The Morgan fingerprint density at radius 2 is 2.20 bits per heavy atom. The first-order chi connectivity index (χ1) is 9.36. The fourth-order valence-corrected chi connectivity index (χ4v) is 2.03. The van der Waals surface area contributed by atoms with Gasteiger partial charge in [-0.3, -0.25) is 4.79 Å². The monoisotopic (exact) mass is 289 g/mol. The van der Waals surface area contributed by atoms with Crippen LogP contribution >= 0.6 is 0 Å². The van der Waals surface area contributed by atoms with Gasteiger partial charge in [0.05, 0.1) is 23.8 Å². The van der Waals surface area contributed by atoms with Crippen molar-refractivity contribution in [2.24, 2.45) is 0 Å². The van der Waals surface area contributed by atoms with E-state index >= 15 is 0 Å². The van der Waals surface area contributed by atoms with Crippen LogP contribution in [0.4, 0.5) is 18.9 Å². The second-order valence-corrected chi connectivity index (χ2v) is 4.62.